The van der Waals surface area contributed by atoms with Gasteiger partial charge in [0.1, 0.15) is 5.75 Å². The number of thioether (sulfide) groups is 1. The smallest absolute Gasteiger partial charge is 0.262 e. The average Bonchev–Trinajstić information content (AvgIpc) is 2.67. The number of nitrogens with zero attached hydrogens (tertiary/aromatic N) is 1. The lowest BCUT2D eigenvalue weighted by atomic mass is 10.1. The molecular formula is C22H22N2O2S. The Labute approximate surface area is 164 Å². The molecule has 4 nitrogen and oxygen atoms in total. The lowest BCUT2D eigenvalue weighted by Crippen LogP contribution is -2.20. The highest BCUT2D eigenvalue weighted by molar-refractivity contribution is 7.98. The fraction of sp³-hybridized carbons (Fsp3) is 0.182. The van der Waals surface area contributed by atoms with Gasteiger partial charge in [-0.1, -0.05) is 23.8 Å². The first-order valence-electron chi connectivity index (χ1n) is 8.72. The van der Waals surface area contributed by atoms with E-state index in [-0.39, 0.29) is 12.5 Å². The van der Waals surface area contributed by atoms with Crippen molar-refractivity contribution in [1.82, 2.24) is 4.98 Å². The number of amides is 1. The number of rotatable bonds is 7. The molecule has 0 saturated carbocycles. The van der Waals surface area contributed by atoms with Crippen molar-refractivity contribution in [1.29, 1.82) is 0 Å². The molecule has 2 aromatic carbocycles. The van der Waals surface area contributed by atoms with Crippen molar-refractivity contribution in [2.75, 3.05) is 11.9 Å². The van der Waals surface area contributed by atoms with E-state index in [1.165, 1.54) is 11.1 Å². The molecule has 1 amide bonds. The van der Waals surface area contributed by atoms with Crippen LogP contribution in [0.5, 0.6) is 5.75 Å². The maximum Gasteiger partial charge on any atom is 0.262 e. The fourth-order valence-electron chi connectivity index (χ4n) is 2.59. The van der Waals surface area contributed by atoms with Gasteiger partial charge in [-0.15, -0.1) is 11.8 Å². The van der Waals surface area contributed by atoms with Crippen molar-refractivity contribution in [3.63, 3.8) is 0 Å². The van der Waals surface area contributed by atoms with E-state index in [2.05, 4.69) is 16.4 Å². The van der Waals surface area contributed by atoms with Crippen LogP contribution in [-0.2, 0) is 10.5 Å². The van der Waals surface area contributed by atoms with Crippen molar-refractivity contribution >= 4 is 23.4 Å². The number of anilines is 1. The third-order valence-corrected chi connectivity index (χ3v) is 5.04. The summed E-state index contributed by atoms with van der Waals surface area (Å²) in [5.74, 6) is 1.42. The Morgan fingerprint density at radius 3 is 2.63 bits per heavy atom. The van der Waals surface area contributed by atoms with Crippen molar-refractivity contribution < 1.29 is 9.53 Å². The summed E-state index contributed by atoms with van der Waals surface area (Å²) in [5.41, 5.74) is 4.14. The Morgan fingerprint density at radius 1 is 1.11 bits per heavy atom. The zero-order chi connectivity index (χ0) is 19.1. The normalized spacial score (nSPS) is 10.4. The molecule has 1 heterocycles. The summed E-state index contributed by atoms with van der Waals surface area (Å²) >= 11 is 1.73. The van der Waals surface area contributed by atoms with Gasteiger partial charge in [-0.2, -0.15) is 0 Å². The van der Waals surface area contributed by atoms with E-state index >= 15 is 0 Å². The van der Waals surface area contributed by atoms with E-state index in [4.69, 9.17) is 4.74 Å². The SMILES string of the molecule is Cc1ccc(OCC(=O)Nc2ccc(SCc3cccnc3)cc2)c(C)c1. The first-order chi connectivity index (χ1) is 13.1. The highest BCUT2D eigenvalue weighted by Gasteiger charge is 2.06. The average molecular weight is 378 g/mol. The second-order valence-corrected chi connectivity index (χ2v) is 7.33. The Bertz CT molecular complexity index is 896. The largest absolute Gasteiger partial charge is 0.483 e. The Balaban J connectivity index is 1.48. The van der Waals surface area contributed by atoms with E-state index in [0.29, 0.717) is 0 Å². The summed E-state index contributed by atoms with van der Waals surface area (Å²) in [7, 11) is 0. The van der Waals surface area contributed by atoms with Crippen LogP contribution >= 0.6 is 11.8 Å². The molecular weight excluding hydrogens is 356 g/mol. The van der Waals surface area contributed by atoms with Gasteiger partial charge in [0.2, 0.25) is 0 Å². The van der Waals surface area contributed by atoms with Crippen molar-refractivity contribution in [2.45, 2.75) is 24.5 Å². The minimum Gasteiger partial charge on any atom is -0.483 e. The Kier molecular flexibility index (Phi) is 6.49. The molecule has 0 fully saturated rings. The minimum absolute atomic E-state index is 0.0125. The van der Waals surface area contributed by atoms with Gasteiger partial charge < -0.3 is 10.1 Å². The van der Waals surface area contributed by atoms with Gasteiger partial charge in [0, 0.05) is 28.7 Å². The Hall–Kier alpha value is -2.79. The van der Waals surface area contributed by atoms with Gasteiger partial charge in [0.05, 0.1) is 0 Å². The summed E-state index contributed by atoms with van der Waals surface area (Å²) in [4.78, 5) is 17.4. The predicted octanol–water partition coefficient (Wildman–Crippen LogP) is 5.01. The highest BCUT2D eigenvalue weighted by Crippen LogP contribution is 2.24. The van der Waals surface area contributed by atoms with Gasteiger partial charge in [0.25, 0.3) is 5.91 Å². The predicted molar refractivity (Wildman–Crippen MR) is 110 cm³/mol. The van der Waals surface area contributed by atoms with Gasteiger partial charge in [-0.05, 0) is 61.4 Å². The van der Waals surface area contributed by atoms with Crippen LogP contribution in [0.15, 0.2) is 71.9 Å². The maximum atomic E-state index is 12.1. The first kappa shape index (κ1) is 19.0. The lowest BCUT2D eigenvalue weighted by molar-refractivity contribution is -0.118. The zero-order valence-electron chi connectivity index (χ0n) is 15.4. The van der Waals surface area contributed by atoms with Crippen molar-refractivity contribution in [3.05, 3.63) is 83.7 Å². The van der Waals surface area contributed by atoms with E-state index in [0.717, 1.165) is 27.6 Å². The van der Waals surface area contributed by atoms with Gasteiger partial charge in [-0.3, -0.25) is 9.78 Å². The minimum atomic E-state index is -0.175. The molecule has 0 aliphatic carbocycles. The summed E-state index contributed by atoms with van der Waals surface area (Å²) in [6, 6.07) is 17.7. The van der Waals surface area contributed by atoms with Crippen LogP contribution in [-0.4, -0.2) is 17.5 Å². The second-order valence-electron chi connectivity index (χ2n) is 6.28. The number of carbonyl (C=O) groups excluding carboxylic acids is 1. The third kappa shape index (κ3) is 5.86. The molecule has 1 N–H and O–H groups in total. The number of hydrogen-bond donors (Lipinski definition) is 1. The summed E-state index contributed by atoms with van der Waals surface area (Å²) in [5, 5.41) is 2.86. The number of benzene rings is 2. The van der Waals surface area contributed by atoms with Crippen LogP contribution in [0.25, 0.3) is 0 Å². The van der Waals surface area contributed by atoms with Crippen LogP contribution in [0.1, 0.15) is 16.7 Å². The molecule has 0 bridgehead atoms. The molecule has 0 radical (unpaired) electrons. The number of aromatic nitrogens is 1. The molecule has 3 aromatic rings. The number of carbonyl (C=O) groups is 1. The molecule has 0 aliphatic rings. The van der Waals surface area contributed by atoms with E-state index in [1.54, 1.807) is 18.0 Å². The van der Waals surface area contributed by atoms with Crippen LogP contribution < -0.4 is 10.1 Å². The molecule has 3 rings (SSSR count). The highest BCUT2D eigenvalue weighted by atomic mass is 32.2. The summed E-state index contributed by atoms with van der Waals surface area (Å²) < 4.78 is 5.61. The second kappa shape index (κ2) is 9.24. The van der Waals surface area contributed by atoms with Crippen LogP contribution in [0, 0.1) is 13.8 Å². The standard InChI is InChI=1S/C22H22N2O2S/c1-16-5-10-21(17(2)12-16)26-14-22(25)24-19-6-8-20(9-7-19)27-15-18-4-3-11-23-13-18/h3-13H,14-15H2,1-2H3,(H,24,25). The van der Waals surface area contributed by atoms with Gasteiger partial charge in [-0.25, -0.2) is 0 Å². The van der Waals surface area contributed by atoms with E-state index in [9.17, 15) is 4.79 Å². The molecule has 1 aromatic heterocycles. The number of hydrogen-bond acceptors (Lipinski definition) is 4. The summed E-state index contributed by atoms with van der Waals surface area (Å²) in [6.45, 7) is 3.99. The van der Waals surface area contributed by atoms with E-state index in [1.807, 2.05) is 68.6 Å². The van der Waals surface area contributed by atoms with Gasteiger partial charge >= 0.3 is 0 Å². The monoisotopic (exact) mass is 378 g/mol. The fourth-order valence-corrected chi connectivity index (χ4v) is 3.42. The van der Waals surface area contributed by atoms with E-state index < -0.39 is 0 Å². The van der Waals surface area contributed by atoms with Crippen LogP contribution in [0.2, 0.25) is 0 Å². The topological polar surface area (TPSA) is 51.2 Å². The molecule has 0 unspecified atom stereocenters. The van der Waals surface area contributed by atoms with Crippen molar-refractivity contribution in [3.8, 4) is 5.75 Å². The third-order valence-electron chi connectivity index (χ3n) is 3.96. The molecule has 5 heteroatoms. The quantitative estimate of drug-likeness (QED) is 0.587. The lowest BCUT2D eigenvalue weighted by Gasteiger charge is -2.10. The summed E-state index contributed by atoms with van der Waals surface area (Å²) in [6.07, 6.45) is 3.65. The molecule has 0 saturated heterocycles. The Morgan fingerprint density at radius 2 is 1.93 bits per heavy atom. The molecule has 0 aliphatic heterocycles. The molecule has 27 heavy (non-hydrogen) atoms. The zero-order valence-corrected chi connectivity index (χ0v) is 16.3. The number of pyridine rings is 1. The molecule has 0 spiro atoms. The van der Waals surface area contributed by atoms with Gasteiger partial charge in [0.15, 0.2) is 6.61 Å². The molecule has 0 atom stereocenters. The molecule has 138 valence electrons. The van der Waals surface area contributed by atoms with Crippen LogP contribution in [0.3, 0.4) is 0 Å². The number of aryl methyl sites for hydroxylation is 2. The van der Waals surface area contributed by atoms with Crippen LogP contribution in [0.4, 0.5) is 5.69 Å². The first-order valence-corrected chi connectivity index (χ1v) is 9.70. The maximum absolute atomic E-state index is 12.1. The van der Waals surface area contributed by atoms with Crippen molar-refractivity contribution in [2.24, 2.45) is 0 Å². The number of ether oxygens (including phenoxy) is 1. The number of nitrogens with one attached hydrogen (secondary N) is 1.